The molecule has 9 heteroatoms. The van der Waals surface area contributed by atoms with Crippen LogP contribution in [-0.4, -0.2) is 65.2 Å². The van der Waals surface area contributed by atoms with E-state index in [2.05, 4.69) is 12.0 Å². The van der Waals surface area contributed by atoms with Crippen molar-refractivity contribution >= 4 is 27.7 Å². The summed E-state index contributed by atoms with van der Waals surface area (Å²) in [6, 6.07) is 7.62. The highest BCUT2D eigenvalue weighted by molar-refractivity contribution is 7.99. The summed E-state index contributed by atoms with van der Waals surface area (Å²) in [7, 11) is -1.90. The molecule has 1 aromatic heterocycles. The standard InChI is InChI=1S/C20H28N4O3S2/c1-5-28-18-10-7-6-9-17(18)20(25)23-11-8-12-24(14-13-23)29(26,27)19-15(2)21-22(4)16(19)3/h6-7,9-10H,5,8,11-14H2,1-4H3. The van der Waals surface area contributed by atoms with Gasteiger partial charge in [0.2, 0.25) is 10.0 Å². The van der Waals surface area contributed by atoms with E-state index in [0.29, 0.717) is 43.0 Å². The summed E-state index contributed by atoms with van der Waals surface area (Å²) < 4.78 is 29.6. The molecule has 0 spiro atoms. The predicted molar refractivity (Wildman–Crippen MR) is 115 cm³/mol. The van der Waals surface area contributed by atoms with Gasteiger partial charge in [-0.05, 0) is 38.2 Å². The van der Waals surface area contributed by atoms with E-state index in [4.69, 9.17) is 0 Å². The topological polar surface area (TPSA) is 75.5 Å². The summed E-state index contributed by atoms with van der Waals surface area (Å²) in [5, 5.41) is 4.25. The van der Waals surface area contributed by atoms with Crippen molar-refractivity contribution in [2.45, 2.75) is 37.0 Å². The molecule has 1 amide bonds. The Hall–Kier alpha value is -1.84. The van der Waals surface area contributed by atoms with Gasteiger partial charge in [-0.2, -0.15) is 9.40 Å². The number of hydrogen-bond acceptors (Lipinski definition) is 5. The Morgan fingerprint density at radius 2 is 1.86 bits per heavy atom. The second-order valence-electron chi connectivity index (χ2n) is 7.10. The van der Waals surface area contributed by atoms with Gasteiger partial charge in [-0.15, -0.1) is 11.8 Å². The van der Waals surface area contributed by atoms with Crippen molar-refractivity contribution < 1.29 is 13.2 Å². The van der Waals surface area contributed by atoms with Gasteiger partial charge >= 0.3 is 0 Å². The molecule has 0 saturated carbocycles. The second kappa shape index (κ2) is 8.89. The van der Waals surface area contributed by atoms with E-state index >= 15 is 0 Å². The normalized spacial score (nSPS) is 16.1. The quantitative estimate of drug-likeness (QED) is 0.674. The zero-order chi connectivity index (χ0) is 21.2. The number of aromatic nitrogens is 2. The van der Waals surface area contributed by atoms with E-state index < -0.39 is 10.0 Å². The van der Waals surface area contributed by atoms with Crippen molar-refractivity contribution in [1.29, 1.82) is 0 Å². The lowest BCUT2D eigenvalue weighted by atomic mass is 10.2. The van der Waals surface area contributed by atoms with Crippen LogP contribution in [0.15, 0.2) is 34.1 Å². The average Bonchev–Trinajstić information content (AvgIpc) is 2.86. The fourth-order valence-corrected chi connectivity index (χ4v) is 6.35. The Morgan fingerprint density at radius 3 is 2.52 bits per heavy atom. The molecule has 0 aliphatic carbocycles. The third kappa shape index (κ3) is 4.36. The highest BCUT2D eigenvalue weighted by Crippen LogP contribution is 2.26. The van der Waals surface area contributed by atoms with Crippen molar-refractivity contribution in [3.05, 3.63) is 41.2 Å². The lowest BCUT2D eigenvalue weighted by Crippen LogP contribution is -2.37. The molecule has 0 unspecified atom stereocenters. The first-order valence-electron chi connectivity index (χ1n) is 9.78. The Morgan fingerprint density at radius 1 is 1.14 bits per heavy atom. The van der Waals surface area contributed by atoms with Crippen molar-refractivity contribution in [3.8, 4) is 0 Å². The molecule has 1 saturated heterocycles. The monoisotopic (exact) mass is 436 g/mol. The van der Waals surface area contributed by atoms with E-state index in [0.717, 1.165) is 10.6 Å². The van der Waals surface area contributed by atoms with Crippen molar-refractivity contribution in [1.82, 2.24) is 19.0 Å². The number of thioether (sulfide) groups is 1. The number of benzene rings is 1. The zero-order valence-corrected chi connectivity index (χ0v) is 19.0. The third-order valence-corrected chi connectivity index (χ3v) is 8.31. The molecule has 1 aromatic carbocycles. The number of carbonyl (C=O) groups is 1. The van der Waals surface area contributed by atoms with E-state index in [-0.39, 0.29) is 17.3 Å². The number of sulfonamides is 1. The molecular formula is C20H28N4O3S2. The molecular weight excluding hydrogens is 408 g/mol. The number of carbonyl (C=O) groups excluding carboxylic acids is 1. The molecule has 3 rings (SSSR count). The van der Waals surface area contributed by atoms with Gasteiger partial charge in [0.1, 0.15) is 4.90 Å². The first-order valence-corrected chi connectivity index (χ1v) is 12.2. The minimum absolute atomic E-state index is 0.0328. The second-order valence-corrected chi connectivity index (χ2v) is 10.3. The number of nitrogens with zero attached hydrogens (tertiary/aromatic N) is 4. The SMILES string of the molecule is CCSc1ccccc1C(=O)N1CCCN(S(=O)(=O)c2c(C)nn(C)c2C)CC1. The van der Waals surface area contributed by atoms with E-state index in [1.54, 1.807) is 42.2 Å². The van der Waals surface area contributed by atoms with Crippen LogP contribution in [0.25, 0.3) is 0 Å². The number of hydrogen-bond donors (Lipinski definition) is 0. The molecule has 1 aliphatic heterocycles. The summed E-state index contributed by atoms with van der Waals surface area (Å²) in [5.74, 6) is 0.856. The van der Waals surface area contributed by atoms with Crippen LogP contribution in [0.2, 0.25) is 0 Å². The van der Waals surface area contributed by atoms with Crippen LogP contribution in [-0.2, 0) is 17.1 Å². The Balaban J connectivity index is 1.80. The average molecular weight is 437 g/mol. The summed E-state index contributed by atoms with van der Waals surface area (Å²) in [4.78, 5) is 16.1. The Kier molecular flexibility index (Phi) is 6.70. The third-order valence-electron chi connectivity index (χ3n) is 5.20. The van der Waals surface area contributed by atoms with Gasteiger partial charge in [-0.25, -0.2) is 8.42 Å². The van der Waals surface area contributed by atoms with E-state index in [9.17, 15) is 13.2 Å². The minimum Gasteiger partial charge on any atom is -0.337 e. The molecule has 0 atom stereocenters. The van der Waals surface area contributed by atoms with Gasteiger partial charge in [0.25, 0.3) is 5.91 Å². The zero-order valence-electron chi connectivity index (χ0n) is 17.4. The molecule has 0 radical (unpaired) electrons. The van der Waals surface area contributed by atoms with Crippen LogP contribution < -0.4 is 0 Å². The van der Waals surface area contributed by atoms with Gasteiger partial charge in [0, 0.05) is 38.1 Å². The molecule has 0 bridgehead atoms. The first-order chi connectivity index (χ1) is 13.8. The summed E-state index contributed by atoms with van der Waals surface area (Å²) >= 11 is 1.64. The van der Waals surface area contributed by atoms with Gasteiger partial charge in [0.05, 0.1) is 17.0 Å². The molecule has 7 nitrogen and oxygen atoms in total. The summed E-state index contributed by atoms with van der Waals surface area (Å²) in [5.41, 5.74) is 1.83. The fourth-order valence-electron chi connectivity index (χ4n) is 3.69. The molecule has 158 valence electrons. The highest BCUT2D eigenvalue weighted by Gasteiger charge is 2.32. The van der Waals surface area contributed by atoms with Crippen LogP contribution >= 0.6 is 11.8 Å². The smallest absolute Gasteiger partial charge is 0.255 e. The molecule has 2 heterocycles. The van der Waals surface area contributed by atoms with Gasteiger partial charge in [0.15, 0.2) is 0 Å². The largest absolute Gasteiger partial charge is 0.337 e. The molecule has 1 fully saturated rings. The van der Waals surface area contributed by atoms with Crippen LogP contribution in [0, 0.1) is 13.8 Å². The molecule has 29 heavy (non-hydrogen) atoms. The molecule has 1 aliphatic rings. The number of aryl methyl sites for hydroxylation is 2. The number of rotatable bonds is 5. The maximum Gasteiger partial charge on any atom is 0.255 e. The Bertz CT molecular complexity index is 1000. The lowest BCUT2D eigenvalue weighted by Gasteiger charge is -2.23. The van der Waals surface area contributed by atoms with Crippen molar-refractivity contribution in [3.63, 3.8) is 0 Å². The maximum absolute atomic E-state index is 13.2. The first kappa shape index (κ1) is 21.9. The van der Waals surface area contributed by atoms with E-state index in [1.807, 2.05) is 24.3 Å². The van der Waals surface area contributed by atoms with Gasteiger partial charge in [-0.3, -0.25) is 9.48 Å². The summed E-state index contributed by atoms with van der Waals surface area (Å²) in [6.45, 7) is 7.14. The van der Waals surface area contributed by atoms with Gasteiger partial charge < -0.3 is 4.90 Å². The fraction of sp³-hybridized carbons (Fsp3) is 0.500. The van der Waals surface area contributed by atoms with Crippen LogP contribution in [0.4, 0.5) is 0 Å². The van der Waals surface area contributed by atoms with Crippen molar-refractivity contribution in [2.75, 3.05) is 31.9 Å². The molecule has 2 aromatic rings. The Labute approximate surface area is 177 Å². The van der Waals surface area contributed by atoms with Crippen LogP contribution in [0.3, 0.4) is 0 Å². The number of amides is 1. The van der Waals surface area contributed by atoms with Crippen LogP contribution in [0.1, 0.15) is 35.1 Å². The van der Waals surface area contributed by atoms with E-state index in [1.165, 1.54) is 4.31 Å². The van der Waals surface area contributed by atoms with Gasteiger partial charge in [-0.1, -0.05) is 19.1 Å². The maximum atomic E-state index is 13.2. The van der Waals surface area contributed by atoms with Crippen LogP contribution in [0.5, 0.6) is 0 Å². The predicted octanol–water partition coefficient (Wildman–Crippen LogP) is 2.69. The van der Waals surface area contributed by atoms with Crippen molar-refractivity contribution in [2.24, 2.45) is 7.05 Å². The highest BCUT2D eigenvalue weighted by atomic mass is 32.2. The minimum atomic E-state index is -3.65. The molecule has 0 N–H and O–H groups in total. The summed E-state index contributed by atoms with van der Waals surface area (Å²) in [6.07, 6.45) is 0.604. The lowest BCUT2D eigenvalue weighted by molar-refractivity contribution is 0.0761.